The summed E-state index contributed by atoms with van der Waals surface area (Å²) in [6.07, 6.45) is 6.44. The van der Waals surface area contributed by atoms with Gasteiger partial charge in [-0.3, -0.25) is 9.59 Å². The van der Waals surface area contributed by atoms with Crippen LogP contribution in [0, 0.1) is 5.92 Å². The van der Waals surface area contributed by atoms with Crippen molar-refractivity contribution in [1.29, 1.82) is 0 Å². The largest absolute Gasteiger partial charge is 0.481 e. The van der Waals surface area contributed by atoms with Crippen LogP contribution in [-0.4, -0.2) is 23.0 Å². The van der Waals surface area contributed by atoms with Gasteiger partial charge >= 0.3 is 5.97 Å². The zero-order valence-corrected chi connectivity index (χ0v) is 12.2. The van der Waals surface area contributed by atoms with E-state index in [0.29, 0.717) is 6.42 Å². The van der Waals surface area contributed by atoms with Gasteiger partial charge in [0.05, 0.1) is 5.92 Å². The van der Waals surface area contributed by atoms with Gasteiger partial charge in [0.1, 0.15) is 0 Å². The molecule has 0 aliphatic heterocycles. The molecule has 1 aliphatic rings. The molecule has 4 heteroatoms. The van der Waals surface area contributed by atoms with Crippen LogP contribution in [0.3, 0.4) is 0 Å². The van der Waals surface area contributed by atoms with Crippen LogP contribution in [0.2, 0.25) is 0 Å². The molecule has 2 rings (SSSR count). The van der Waals surface area contributed by atoms with Crippen molar-refractivity contribution < 1.29 is 14.7 Å². The van der Waals surface area contributed by atoms with Crippen molar-refractivity contribution in [3.63, 3.8) is 0 Å². The fraction of sp³-hybridized carbons (Fsp3) is 0.412. The summed E-state index contributed by atoms with van der Waals surface area (Å²) in [7, 11) is 0. The minimum atomic E-state index is -0.822. The minimum Gasteiger partial charge on any atom is -0.481 e. The van der Waals surface area contributed by atoms with Gasteiger partial charge in [0.25, 0.3) is 0 Å². The Morgan fingerprint density at radius 3 is 2.62 bits per heavy atom. The number of carbonyl (C=O) groups is 2. The summed E-state index contributed by atoms with van der Waals surface area (Å²) in [5.74, 6) is -1.50. The highest BCUT2D eigenvalue weighted by Gasteiger charge is 2.33. The minimum absolute atomic E-state index is 0.229. The molecule has 1 amide bonds. The van der Waals surface area contributed by atoms with Gasteiger partial charge in [-0.2, -0.15) is 0 Å². The number of aliphatic carboxylic acids is 1. The molecule has 4 nitrogen and oxygen atoms in total. The van der Waals surface area contributed by atoms with Crippen LogP contribution in [0.1, 0.15) is 37.3 Å². The lowest BCUT2D eigenvalue weighted by molar-refractivity contribution is -0.142. The lowest BCUT2D eigenvalue weighted by Gasteiger charge is -2.16. The first kappa shape index (κ1) is 15.3. The zero-order chi connectivity index (χ0) is 15.2. The summed E-state index contributed by atoms with van der Waals surface area (Å²) in [5, 5.41) is 11.9. The molecule has 1 saturated carbocycles. The Morgan fingerprint density at radius 2 is 2.00 bits per heavy atom. The number of hydrogen-bond donors (Lipinski definition) is 2. The average Bonchev–Trinajstić information content (AvgIpc) is 2.94. The number of rotatable bonds is 5. The Bertz CT molecular complexity index is 533. The number of hydrogen-bond acceptors (Lipinski definition) is 2. The van der Waals surface area contributed by atoms with Crippen LogP contribution in [-0.2, 0) is 16.0 Å². The lowest BCUT2D eigenvalue weighted by atomic mass is 10.0. The number of carboxylic acids is 1. The van der Waals surface area contributed by atoms with E-state index < -0.39 is 11.9 Å². The highest BCUT2D eigenvalue weighted by molar-refractivity contribution is 5.92. The van der Waals surface area contributed by atoms with E-state index in [1.807, 2.05) is 24.3 Å². The molecule has 0 spiro atoms. The Morgan fingerprint density at radius 1 is 1.29 bits per heavy atom. The lowest BCUT2D eigenvalue weighted by Crippen LogP contribution is -2.39. The molecule has 0 radical (unpaired) electrons. The summed E-state index contributed by atoms with van der Waals surface area (Å²) in [6, 6.07) is 7.77. The van der Waals surface area contributed by atoms with E-state index in [-0.39, 0.29) is 11.9 Å². The van der Waals surface area contributed by atoms with E-state index in [1.165, 1.54) is 11.6 Å². The quantitative estimate of drug-likeness (QED) is 0.818. The molecule has 1 aromatic rings. The maximum absolute atomic E-state index is 11.9. The van der Waals surface area contributed by atoms with Crippen LogP contribution in [0.15, 0.2) is 30.3 Å². The van der Waals surface area contributed by atoms with Gasteiger partial charge in [0.2, 0.25) is 5.91 Å². The molecule has 0 bridgehead atoms. The van der Waals surface area contributed by atoms with E-state index in [9.17, 15) is 9.59 Å². The fourth-order valence-corrected chi connectivity index (χ4v) is 2.70. The first-order valence-corrected chi connectivity index (χ1v) is 7.40. The summed E-state index contributed by atoms with van der Waals surface area (Å²) in [6.45, 7) is 2.10. The Kier molecular flexibility index (Phi) is 5.14. The van der Waals surface area contributed by atoms with Crippen molar-refractivity contribution in [2.75, 3.05) is 0 Å². The smallest absolute Gasteiger partial charge is 0.308 e. The highest BCUT2D eigenvalue weighted by atomic mass is 16.4. The van der Waals surface area contributed by atoms with Crippen molar-refractivity contribution >= 4 is 18.0 Å². The van der Waals surface area contributed by atoms with Crippen molar-refractivity contribution in [3.05, 3.63) is 41.5 Å². The monoisotopic (exact) mass is 287 g/mol. The van der Waals surface area contributed by atoms with Crippen molar-refractivity contribution in [2.24, 2.45) is 5.92 Å². The van der Waals surface area contributed by atoms with Gasteiger partial charge in [0, 0.05) is 12.1 Å². The Hall–Kier alpha value is -2.10. The molecule has 0 aromatic heterocycles. The van der Waals surface area contributed by atoms with Gasteiger partial charge in [-0.05, 0) is 36.5 Å². The predicted octanol–water partition coefficient (Wildman–Crippen LogP) is 2.63. The topological polar surface area (TPSA) is 66.4 Å². The normalized spacial score (nSPS) is 21.6. The third kappa shape index (κ3) is 4.18. The van der Waals surface area contributed by atoms with Gasteiger partial charge in [0.15, 0.2) is 0 Å². The highest BCUT2D eigenvalue weighted by Crippen LogP contribution is 2.25. The van der Waals surface area contributed by atoms with Crippen LogP contribution in [0.25, 0.3) is 6.08 Å². The Labute approximate surface area is 124 Å². The first-order valence-electron chi connectivity index (χ1n) is 7.40. The number of benzene rings is 1. The second kappa shape index (κ2) is 7.07. The summed E-state index contributed by atoms with van der Waals surface area (Å²) < 4.78 is 0. The first-order chi connectivity index (χ1) is 10.1. The van der Waals surface area contributed by atoms with Crippen LogP contribution in [0.5, 0.6) is 0 Å². The number of carboxylic acid groups (broad SMARTS) is 1. The predicted molar refractivity (Wildman–Crippen MR) is 81.8 cm³/mol. The maximum atomic E-state index is 11.9. The van der Waals surface area contributed by atoms with E-state index in [0.717, 1.165) is 24.8 Å². The maximum Gasteiger partial charge on any atom is 0.308 e. The molecule has 0 heterocycles. The standard InChI is InChI=1S/C17H21NO3/c1-2-12-6-8-13(9-7-12)10-11-16(19)18-15-5-3-4-14(15)17(20)21/h6-11,14-15H,2-5H2,1H3,(H,18,19)(H,20,21). The summed E-state index contributed by atoms with van der Waals surface area (Å²) in [5.41, 5.74) is 2.22. The number of nitrogens with one attached hydrogen (secondary N) is 1. The van der Waals surface area contributed by atoms with E-state index in [1.54, 1.807) is 6.08 Å². The van der Waals surface area contributed by atoms with Crippen molar-refractivity contribution in [3.8, 4) is 0 Å². The second-order valence-corrected chi connectivity index (χ2v) is 5.42. The molecule has 1 aliphatic carbocycles. The van der Waals surface area contributed by atoms with Crippen molar-refractivity contribution in [1.82, 2.24) is 5.32 Å². The fourth-order valence-electron chi connectivity index (χ4n) is 2.70. The number of aryl methyl sites for hydroxylation is 1. The van der Waals surface area contributed by atoms with Crippen molar-refractivity contribution in [2.45, 2.75) is 38.6 Å². The molecule has 1 fully saturated rings. The second-order valence-electron chi connectivity index (χ2n) is 5.42. The Balaban J connectivity index is 1.91. The number of amides is 1. The summed E-state index contributed by atoms with van der Waals surface area (Å²) >= 11 is 0. The third-order valence-electron chi connectivity index (χ3n) is 3.98. The van der Waals surface area contributed by atoms with Gasteiger partial charge in [-0.1, -0.05) is 37.6 Å². The number of carbonyl (C=O) groups excluding carboxylic acids is 1. The molecular weight excluding hydrogens is 266 g/mol. The van der Waals surface area contributed by atoms with Crippen LogP contribution < -0.4 is 5.32 Å². The van der Waals surface area contributed by atoms with Crippen LogP contribution >= 0.6 is 0 Å². The zero-order valence-electron chi connectivity index (χ0n) is 12.2. The van der Waals surface area contributed by atoms with Gasteiger partial charge in [-0.15, -0.1) is 0 Å². The van der Waals surface area contributed by atoms with Crippen LogP contribution in [0.4, 0.5) is 0 Å². The molecule has 0 saturated heterocycles. The average molecular weight is 287 g/mol. The molecular formula is C17H21NO3. The SMILES string of the molecule is CCc1ccc(C=CC(=O)NC2CCCC2C(=O)O)cc1. The molecule has 1 aromatic carbocycles. The third-order valence-corrected chi connectivity index (χ3v) is 3.98. The van der Waals surface area contributed by atoms with E-state index in [2.05, 4.69) is 12.2 Å². The van der Waals surface area contributed by atoms with E-state index in [4.69, 9.17) is 5.11 Å². The molecule has 112 valence electrons. The summed E-state index contributed by atoms with van der Waals surface area (Å²) in [4.78, 5) is 22.9. The van der Waals surface area contributed by atoms with Gasteiger partial charge < -0.3 is 10.4 Å². The molecule has 2 atom stereocenters. The van der Waals surface area contributed by atoms with E-state index >= 15 is 0 Å². The van der Waals surface area contributed by atoms with Gasteiger partial charge in [-0.25, -0.2) is 0 Å². The molecule has 21 heavy (non-hydrogen) atoms. The molecule has 2 N–H and O–H groups in total. The molecule has 2 unspecified atom stereocenters.